The number of aryl methyl sites for hydroxylation is 1. The monoisotopic (exact) mass is 202 g/mol. The third-order valence-corrected chi connectivity index (χ3v) is 2.63. The average molecular weight is 202 g/mol. The van der Waals surface area contributed by atoms with E-state index in [1.807, 2.05) is 0 Å². The first kappa shape index (κ1) is 10.2. The molecule has 13 heavy (non-hydrogen) atoms. The minimum absolute atomic E-state index is 0.141. The van der Waals surface area contributed by atoms with Crippen LogP contribution in [0.2, 0.25) is 0 Å². The topological polar surface area (TPSA) is 74.6 Å². The predicted octanol–water partition coefficient (Wildman–Crippen LogP) is 0.734. The maximum Gasteiger partial charge on any atom is 0.294 e. The van der Waals surface area contributed by atoms with Crippen LogP contribution in [0.25, 0.3) is 0 Å². The molecule has 0 saturated carbocycles. The van der Waals surface area contributed by atoms with Crippen LogP contribution in [0, 0.1) is 6.92 Å². The van der Waals surface area contributed by atoms with E-state index < -0.39 is 10.1 Å². The first-order valence-electron chi connectivity index (χ1n) is 3.63. The highest BCUT2D eigenvalue weighted by Gasteiger charge is 2.10. The van der Waals surface area contributed by atoms with E-state index in [1.165, 1.54) is 18.2 Å². The van der Waals surface area contributed by atoms with Gasteiger partial charge in [-0.25, -0.2) is 0 Å². The molecule has 0 spiro atoms. The van der Waals surface area contributed by atoms with Gasteiger partial charge in [-0.3, -0.25) is 4.55 Å². The molecule has 0 atom stereocenters. The summed E-state index contributed by atoms with van der Waals surface area (Å²) in [5.74, 6) is 0. The van der Waals surface area contributed by atoms with Gasteiger partial charge in [0.1, 0.15) is 0 Å². The van der Waals surface area contributed by atoms with Crippen molar-refractivity contribution in [1.82, 2.24) is 0 Å². The number of hydrogen-bond donors (Lipinski definition) is 2. The molecule has 0 aliphatic heterocycles. The fourth-order valence-corrected chi connectivity index (χ4v) is 1.57. The van der Waals surface area contributed by atoms with Crippen LogP contribution in [-0.2, 0) is 16.7 Å². The largest absolute Gasteiger partial charge is 0.392 e. The van der Waals surface area contributed by atoms with Crippen molar-refractivity contribution in [2.45, 2.75) is 18.4 Å². The lowest BCUT2D eigenvalue weighted by Crippen LogP contribution is -1.99. The summed E-state index contributed by atoms with van der Waals surface area (Å²) < 4.78 is 30.0. The Morgan fingerprint density at radius 1 is 1.38 bits per heavy atom. The lowest BCUT2D eigenvalue weighted by Gasteiger charge is -2.03. The summed E-state index contributed by atoms with van der Waals surface area (Å²) in [5, 5.41) is 8.80. The van der Waals surface area contributed by atoms with Crippen molar-refractivity contribution in [3.05, 3.63) is 29.3 Å². The van der Waals surface area contributed by atoms with Crippen molar-refractivity contribution in [2.75, 3.05) is 0 Å². The summed E-state index contributed by atoms with van der Waals surface area (Å²) in [6.07, 6.45) is 0. The lowest BCUT2D eigenvalue weighted by atomic mass is 10.1. The molecule has 0 radical (unpaired) electrons. The molecule has 72 valence electrons. The van der Waals surface area contributed by atoms with Gasteiger partial charge in [0.15, 0.2) is 0 Å². The van der Waals surface area contributed by atoms with Gasteiger partial charge in [-0.05, 0) is 30.2 Å². The predicted molar refractivity (Wildman–Crippen MR) is 46.9 cm³/mol. The number of aliphatic hydroxyl groups is 1. The third-order valence-electron chi connectivity index (χ3n) is 1.78. The van der Waals surface area contributed by atoms with Crippen LogP contribution in [0.4, 0.5) is 0 Å². The first-order valence-corrected chi connectivity index (χ1v) is 5.07. The minimum Gasteiger partial charge on any atom is -0.392 e. The van der Waals surface area contributed by atoms with Crippen molar-refractivity contribution in [3.8, 4) is 0 Å². The Hall–Kier alpha value is -0.910. The maximum absolute atomic E-state index is 10.7. The lowest BCUT2D eigenvalue weighted by molar-refractivity contribution is 0.281. The van der Waals surface area contributed by atoms with E-state index >= 15 is 0 Å². The maximum atomic E-state index is 10.7. The van der Waals surface area contributed by atoms with Gasteiger partial charge in [-0.1, -0.05) is 6.07 Å². The molecule has 0 saturated heterocycles. The van der Waals surface area contributed by atoms with Crippen LogP contribution in [0.3, 0.4) is 0 Å². The summed E-state index contributed by atoms with van der Waals surface area (Å²) >= 11 is 0. The zero-order chi connectivity index (χ0) is 10.1. The Labute approximate surface area is 76.6 Å². The quantitative estimate of drug-likeness (QED) is 0.693. The van der Waals surface area contributed by atoms with Gasteiger partial charge in [0.2, 0.25) is 0 Å². The van der Waals surface area contributed by atoms with Gasteiger partial charge in [0.25, 0.3) is 10.1 Å². The van der Waals surface area contributed by atoms with Crippen LogP contribution in [0.5, 0.6) is 0 Å². The molecule has 0 aliphatic rings. The second-order valence-electron chi connectivity index (χ2n) is 2.72. The van der Waals surface area contributed by atoms with Crippen molar-refractivity contribution in [2.24, 2.45) is 0 Å². The Bertz CT molecular complexity index is 408. The summed E-state index contributed by atoms with van der Waals surface area (Å²) in [6.45, 7) is 1.53. The molecule has 0 aliphatic carbocycles. The number of hydrogen-bond acceptors (Lipinski definition) is 3. The normalized spacial score (nSPS) is 11.6. The molecule has 1 aromatic rings. The van der Waals surface area contributed by atoms with E-state index in [2.05, 4.69) is 0 Å². The Kier molecular flexibility index (Phi) is 2.70. The third kappa shape index (κ3) is 2.27. The Balaban J connectivity index is 3.26. The van der Waals surface area contributed by atoms with E-state index in [4.69, 9.17) is 9.66 Å². The molecule has 0 aromatic heterocycles. The molecule has 0 heterocycles. The van der Waals surface area contributed by atoms with Gasteiger partial charge in [-0.2, -0.15) is 8.42 Å². The van der Waals surface area contributed by atoms with Gasteiger partial charge in [-0.15, -0.1) is 0 Å². The van der Waals surface area contributed by atoms with Crippen LogP contribution in [0.1, 0.15) is 11.1 Å². The zero-order valence-corrected chi connectivity index (χ0v) is 7.87. The average Bonchev–Trinajstić information content (AvgIpc) is 2.02. The Morgan fingerprint density at radius 3 is 2.38 bits per heavy atom. The fraction of sp³-hybridized carbons (Fsp3) is 0.250. The second-order valence-corrected chi connectivity index (χ2v) is 4.14. The van der Waals surface area contributed by atoms with Gasteiger partial charge in [0, 0.05) is 0 Å². The Morgan fingerprint density at radius 2 is 2.00 bits per heavy atom. The van der Waals surface area contributed by atoms with Gasteiger partial charge < -0.3 is 5.11 Å². The van der Waals surface area contributed by atoms with Crippen LogP contribution < -0.4 is 0 Å². The van der Waals surface area contributed by atoms with E-state index in [0.29, 0.717) is 11.1 Å². The molecular formula is C8H10O4S. The fourth-order valence-electron chi connectivity index (χ4n) is 1.01. The summed E-state index contributed by atoms with van der Waals surface area (Å²) in [4.78, 5) is -0.151. The molecule has 1 rings (SSSR count). The number of aliphatic hydroxyl groups excluding tert-OH is 1. The van der Waals surface area contributed by atoms with Crippen molar-refractivity contribution in [1.29, 1.82) is 0 Å². The summed E-state index contributed by atoms with van der Waals surface area (Å²) in [7, 11) is -4.13. The first-order chi connectivity index (χ1) is 5.95. The van der Waals surface area contributed by atoms with Crippen LogP contribution in [0.15, 0.2) is 23.1 Å². The van der Waals surface area contributed by atoms with Crippen molar-refractivity contribution < 1.29 is 18.1 Å². The molecule has 0 bridgehead atoms. The minimum atomic E-state index is -4.13. The number of rotatable bonds is 2. The summed E-state index contributed by atoms with van der Waals surface area (Å²) in [5.41, 5.74) is 1.28. The van der Waals surface area contributed by atoms with Crippen molar-refractivity contribution >= 4 is 10.1 Å². The van der Waals surface area contributed by atoms with E-state index in [9.17, 15) is 8.42 Å². The van der Waals surface area contributed by atoms with Gasteiger partial charge >= 0.3 is 0 Å². The number of benzene rings is 1. The van der Waals surface area contributed by atoms with E-state index in [0.717, 1.165) is 0 Å². The van der Waals surface area contributed by atoms with Crippen LogP contribution in [-0.4, -0.2) is 18.1 Å². The molecule has 0 fully saturated rings. The molecule has 5 heteroatoms. The smallest absolute Gasteiger partial charge is 0.294 e. The standard InChI is InChI=1S/C8H10O4S/c1-6-4-8(13(10,11)12)3-2-7(6)5-9/h2-4,9H,5H2,1H3,(H,10,11,12). The molecular weight excluding hydrogens is 192 g/mol. The summed E-state index contributed by atoms with van der Waals surface area (Å²) in [6, 6.07) is 4.05. The molecule has 4 nitrogen and oxygen atoms in total. The van der Waals surface area contributed by atoms with E-state index in [-0.39, 0.29) is 11.5 Å². The highest BCUT2D eigenvalue weighted by molar-refractivity contribution is 7.85. The molecule has 1 aromatic carbocycles. The highest BCUT2D eigenvalue weighted by atomic mass is 32.2. The SMILES string of the molecule is Cc1cc(S(=O)(=O)O)ccc1CO. The van der Waals surface area contributed by atoms with Gasteiger partial charge in [0.05, 0.1) is 11.5 Å². The molecule has 0 amide bonds. The second kappa shape index (κ2) is 3.45. The van der Waals surface area contributed by atoms with Crippen LogP contribution >= 0.6 is 0 Å². The van der Waals surface area contributed by atoms with Crippen molar-refractivity contribution in [3.63, 3.8) is 0 Å². The van der Waals surface area contributed by atoms with E-state index in [1.54, 1.807) is 6.92 Å². The molecule has 0 unspecified atom stereocenters. The highest BCUT2D eigenvalue weighted by Crippen LogP contribution is 2.14. The zero-order valence-electron chi connectivity index (χ0n) is 7.06. The molecule has 2 N–H and O–H groups in total.